The van der Waals surface area contributed by atoms with E-state index in [0.717, 1.165) is 27.2 Å². The summed E-state index contributed by atoms with van der Waals surface area (Å²) < 4.78 is 2.67. The minimum Gasteiger partial charge on any atom is -0.366 e. The molecule has 1 aromatic carbocycles. The molecule has 0 saturated heterocycles. The lowest BCUT2D eigenvalue weighted by Gasteiger charge is -2.13. The number of aliphatic imine (C=N–C) groups is 1. The molecule has 1 aliphatic rings. The number of rotatable bonds is 4. The molecule has 0 bridgehead atoms. The second kappa shape index (κ2) is 6.45. The number of benzene rings is 1. The van der Waals surface area contributed by atoms with Crippen LogP contribution in [0.3, 0.4) is 0 Å². The van der Waals surface area contributed by atoms with Gasteiger partial charge in [-0.1, -0.05) is 30.3 Å². The largest absolute Gasteiger partial charge is 0.366 e. The Hall–Kier alpha value is -2.67. The molecule has 3 heterocycles. The molecule has 4 rings (SSSR count). The Labute approximate surface area is 147 Å². The van der Waals surface area contributed by atoms with Crippen molar-refractivity contribution in [2.75, 3.05) is 18.4 Å². The number of halogens is 1. The van der Waals surface area contributed by atoms with Gasteiger partial charge in [-0.2, -0.15) is 9.61 Å². The maximum absolute atomic E-state index is 4.72. The predicted octanol–water partition coefficient (Wildman–Crippen LogP) is 3.09. The van der Waals surface area contributed by atoms with Crippen LogP contribution in [0.2, 0.25) is 0 Å². The molecule has 0 unspecified atom stereocenters. The summed E-state index contributed by atoms with van der Waals surface area (Å²) in [6, 6.07) is 12.1. The van der Waals surface area contributed by atoms with Crippen LogP contribution in [0, 0.1) is 0 Å². The Morgan fingerprint density at radius 1 is 1.25 bits per heavy atom. The number of hydrogen-bond acceptors (Lipinski definition) is 5. The molecular weight excluding hydrogens is 368 g/mol. The summed E-state index contributed by atoms with van der Waals surface area (Å²) in [7, 11) is 0. The minimum atomic E-state index is 0.690. The Kier molecular flexibility index (Phi) is 4.00. The highest BCUT2D eigenvalue weighted by Crippen LogP contribution is 2.25. The highest BCUT2D eigenvalue weighted by Gasteiger charge is 2.11. The van der Waals surface area contributed by atoms with Crippen molar-refractivity contribution < 1.29 is 0 Å². The molecule has 0 saturated carbocycles. The third-order valence-electron chi connectivity index (χ3n) is 3.74. The van der Waals surface area contributed by atoms with Crippen LogP contribution in [0.1, 0.15) is 0 Å². The van der Waals surface area contributed by atoms with Gasteiger partial charge in [0, 0.05) is 24.4 Å². The van der Waals surface area contributed by atoms with Gasteiger partial charge in [-0.15, -0.1) is 0 Å². The van der Waals surface area contributed by atoms with Crippen LogP contribution in [0.4, 0.5) is 5.82 Å². The van der Waals surface area contributed by atoms with E-state index in [9.17, 15) is 0 Å². The molecule has 0 amide bonds. The van der Waals surface area contributed by atoms with Gasteiger partial charge in [0.2, 0.25) is 0 Å². The maximum Gasteiger partial charge on any atom is 0.172 e. The molecule has 0 aliphatic carbocycles. The molecule has 6 nitrogen and oxygen atoms in total. The monoisotopic (exact) mass is 382 g/mol. The van der Waals surface area contributed by atoms with Gasteiger partial charge in [0.25, 0.3) is 0 Å². The molecule has 2 N–H and O–H groups in total. The smallest absolute Gasteiger partial charge is 0.172 e. The van der Waals surface area contributed by atoms with Crippen molar-refractivity contribution in [2.45, 2.75) is 0 Å². The predicted molar refractivity (Wildman–Crippen MR) is 99.2 cm³/mol. The Morgan fingerprint density at radius 3 is 2.92 bits per heavy atom. The van der Waals surface area contributed by atoms with E-state index in [1.165, 1.54) is 5.57 Å². The second-order valence-electron chi connectivity index (χ2n) is 5.41. The normalized spacial score (nSPS) is 13.6. The SMILES string of the molecule is Brc1cnn2c(NCC3=CNC=NC3)cc(-c3ccccc3)nc12. The van der Waals surface area contributed by atoms with Crippen LogP contribution in [0.5, 0.6) is 0 Å². The highest BCUT2D eigenvalue weighted by atomic mass is 79.9. The maximum atomic E-state index is 4.72. The van der Waals surface area contributed by atoms with Crippen molar-refractivity contribution in [1.82, 2.24) is 19.9 Å². The fourth-order valence-corrected chi connectivity index (χ4v) is 2.89. The number of aromatic nitrogens is 3. The van der Waals surface area contributed by atoms with Gasteiger partial charge in [0.05, 0.1) is 29.2 Å². The molecule has 7 heteroatoms. The summed E-state index contributed by atoms with van der Waals surface area (Å²) >= 11 is 3.52. The van der Waals surface area contributed by atoms with Crippen molar-refractivity contribution in [3.05, 3.63) is 58.8 Å². The van der Waals surface area contributed by atoms with Crippen LogP contribution in [0.25, 0.3) is 16.9 Å². The lowest BCUT2D eigenvalue weighted by molar-refractivity contribution is 0.925. The molecule has 3 aromatic rings. The van der Waals surface area contributed by atoms with Gasteiger partial charge in [-0.05, 0) is 21.5 Å². The summed E-state index contributed by atoms with van der Waals surface area (Å²) in [5.41, 5.74) is 3.93. The molecule has 2 aromatic heterocycles. The fourth-order valence-electron chi connectivity index (χ4n) is 2.55. The standard InChI is InChI=1S/C17H15BrN6/c18-14-10-22-24-16(21-9-12-7-19-11-20-8-12)6-15(23-17(14)24)13-4-2-1-3-5-13/h1-7,10-11,21H,8-9H2,(H,19,20). The molecule has 1 aliphatic heterocycles. The Balaban J connectivity index is 1.71. The van der Waals surface area contributed by atoms with E-state index in [2.05, 4.69) is 48.8 Å². The summed E-state index contributed by atoms with van der Waals surface area (Å²) in [5.74, 6) is 0.889. The van der Waals surface area contributed by atoms with Crippen molar-refractivity contribution >= 4 is 33.7 Å². The lowest BCUT2D eigenvalue weighted by atomic mass is 10.1. The first kappa shape index (κ1) is 14.9. The van der Waals surface area contributed by atoms with Gasteiger partial charge in [0.15, 0.2) is 5.65 Å². The number of fused-ring (bicyclic) bond motifs is 1. The fraction of sp³-hybridized carbons (Fsp3) is 0.118. The third-order valence-corrected chi connectivity index (χ3v) is 4.30. The molecule has 0 fully saturated rings. The molecule has 120 valence electrons. The quantitative estimate of drug-likeness (QED) is 0.727. The molecular formula is C17H15BrN6. The molecule has 0 spiro atoms. The van der Waals surface area contributed by atoms with E-state index < -0.39 is 0 Å². The van der Waals surface area contributed by atoms with E-state index >= 15 is 0 Å². The van der Waals surface area contributed by atoms with Crippen molar-refractivity contribution in [2.24, 2.45) is 4.99 Å². The van der Waals surface area contributed by atoms with E-state index in [4.69, 9.17) is 4.98 Å². The van der Waals surface area contributed by atoms with Crippen LogP contribution < -0.4 is 10.6 Å². The van der Waals surface area contributed by atoms with Crippen LogP contribution >= 0.6 is 15.9 Å². The van der Waals surface area contributed by atoms with E-state index in [-0.39, 0.29) is 0 Å². The van der Waals surface area contributed by atoms with Crippen molar-refractivity contribution in [3.8, 4) is 11.3 Å². The summed E-state index contributed by atoms with van der Waals surface area (Å²) in [6.07, 6.45) is 5.43. The minimum absolute atomic E-state index is 0.690. The second-order valence-corrected chi connectivity index (χ2v) is 6.27. The number of nitrogens with one attached hydrogen (secondary N) is 2. The van der Waals surface area contributed by atoms with E-state index in [0.29, 0.717) is 13.1 Å². The first-order valence-electron chi connectivity index (χ1n) is 7.57. The van der Waals surface area contributed by atoms with Gasteiger partial charge in [-0.3, -0.25) is 4.99 Å². The van der Waals surface area contributed by atoms with Gasteiger partial charge < -0.3 is 10.6 Å². The third kappa shape index (κ3) is 2.90. The van der Waals surface area contributed by atoms with Crippen molar-refractivity contribution in [1.29, 1.82) is 0 Å². The number of anilines is 1. The molecule has 0 radical (unpaired) electrons. The average molecular weight is 383 g/mol. The first-order chi connectivity index (χ1) is 11.8. The van der Waals surface area contributed by atoms with Gasteiger partial charge in [-0.25, -0.2) is 4.98 Å². The first-order valence-corrected chi connectivity index (χ1v) is 8.36. The van der Waals surface area contributed by atoms with Gasteiger partial charge >= 0.3 is 0 Å². The molecule has 24 heavy (non-hydrogen) atoms. The zero-order chi connectivity index (χ0) is 16.4. The highest BCUT2D eigenvalue weighted by molar-refractivity contribution is 9.10. The molecule has 0 atom stereocenters. The van der Waals surface area contributed by atoms with Gasteiger partial charge in [0.1, 0.15) is 5.82 Å². The van der Waals surface area contributed by atoms with E-state index in [1.54, 1.807) is 17.1 Å². The van der Waals surface area contributed by atoms with Crippen LogP contribution in [-0.2, 0) is 0 Å². The lowest BCUT2D eigenvalue weighted by Crippen LogP contribution is -2.17. The Bertz CT molecular complexity index is 929. The zero-order valence-electron chi connectivity index (χ0n) is 12.8. The van der Waals surface area contributed by atoms with Crippen molar-refractivity contribution in [3.63, 3.8) is 0 Å². The number of nitrogens with zero attached hydrogens (tertiary/aromatic N) is 4. The number of hydrogen-bond donors (Lipinski definition) is 2. The average Bonchev–Trinajstić information content (AvgIpc) is 3.02. The topological polar surface area (TPSA) is 66.6 Å². The Morgan fingerprint density at radius 2 is 2.12 bits per heavy atom. The van der Waals surface area contributed by atoms with E-state index in [1.807, 2.05) is 30.5 Å². The zero-order valence-corrected chi connectivity index (χ0v) is 14.4. The summed E-state index contributed by atoms with van der Waals surface area (Å²) in [5, 5.41) is 10.8. The van der Waals surface area contributed by atoms with Crippen LogP contribution in [0.15, 0.2) is 63.8 Å². The summed E-state index contributed by atoms with van der Waals surface area (Å²) in [6.45, 7) is 1.39. The van der Waals surface area contributed by atoms with Crippen LogP contribution in [-0.4, -0.2) is 34.0 Å². The summed E-state index contributed by atoms with van der Waals surface area (Å²) in [4.78, 5) is 8.94.